The molecule has 1 unspecified atom stereocenters. The highest BCUT2D eigenvalue weighted by Crippen LogP contribution is 2.34. The molecule has 1 atom stereocenters. The van der Waals surface area contributed by atoms with Crippen LogP contribution in [0.3, 0.4) is 0 Å². The van der Waals surface area contributed by atoms with Crippen molar-refractivity contribution in [2.75, 3.05) is 33.2 Å². The Morgan fingerprint density at radius 1 is 1.03 bits per heavy atom. The second kappa shape index (κ2) is 7.46. The van der Waals surface area contributed by atoms with Crippen LogP contribution >= 0.6 is 0 Å². The number of benzene rings is 2. The first-order valence-electron chi connectivity index (χ1n) is 9.98. The van der Waals surface area contributed by atoms with Crippen molar-refractivity contribution in [3.63, 3.8) is 0 Å². The van der Waals surface area contributed by atoms with Crippen molar-refractivity contribution in [2.45, 2.75) is 6.04 Å². The van der Waals surface area contributed by atoms with Crippen molar-refractivity contribution < 1.29 is 4.39 Å². The maximum atomic E-state index is 14.0. The lowest BCUT2D eigenvalue weighted by molar-refractivity contribution is 0.128. The molecule has 1 aliphatic rings. The third kappa shape index (κ3) is 3.45. The Hall–Kier alpha value is -2.96. The van der Waals surface area contributed by atoms with E-state index in [1.807, 2.05) is 53.5 Å². The number of fused-ring (bicyclic) bond motifs is 1. The molecule has 29 heavy (non-hydrogen) atoms. The predicted octanol–water partition coefficient (Wildman–Crippen LogP) is 3.83. The van der Waals surface area contributed by atoms with Gasteiger partial charge in [-0.15, -0.1) is 0 Å². The molecule has 0 radical (unpaired) electrons. The van der Waals surface area contributed by atoms with E-state index >= 15 is 0 Å². The van der Waals surface area contributed by atoms with Crippen LogP contribution in [-0.2, 0) is 0 Å². The van der Waals surface area contributed by atoms with Crippen LogP contribution in [0, 0.1) is 5.82 Å². The van der Waals surface area contributed by atoms with Gasteiger partial charge >= 0.3 is 0 Å². The van der Waals surface area contributed by atoms with Gasteiger partial charge in [0.15, 0.2) is 0 Å². The highest BCUT2D eigenvalue weighted by molar-refractivity contribution is 5.84. The summed E-state index contributed by atoms with van der Waals surface area (Å²) < 4.78 is 15.9. The van der Waals surface area contributed by atoms with Gasteiger partial charge in [-0.05, 0) is 42.9 Å². The van der Waals surface area contributed by atoms with Crippen LogP contribution in [-0.4, -0.2) is 57.8 Å². The molecule has 1 aliphatic heterocycles. The highest BCUT2D eigenvalue weighted by atomic mass is 19.1. The largest absolute Gasteiger partial charge is 0.361 e. The zero-order valence-corrected chi connectivity index (χ0v) is 16.4. The van der Waals surface area contributed by atoms with Crippen molar-refractivity contribution in [2.24, 2.45) is 0 Å². The maximum absolute atomic E-state index is 14.0. The smallest absolute Gasteiger partial charge is 0.123 e. The van der Waals surface area contributed by atoms with Gasteiger partial charge in [-0.2, -0.15) is 5.10 Å². The van der Waals surface area contributed by atoms with E-state index in [0.29, 0.717) is 0 Å². The fraction of sp³-hybridized carbons (Fsp3) is 0.261. The van der Waals surface area contributed by atoms with Gasteiger partial charge in [-0.25, -0.2) is 9.07 Å². The minimum atomic E-state index is -0.213. The fourth-order valence-electron chi connectivity index (χ4n) is 4.21. The molecule has 0 bridgehead atoms. The van der Waals surface area contributed by atoms with E-state index in [-0.39, 0.29) is 11.9 Å². The Morgan fingerprint density at radius 2 is 1.83 bits per heavy atom. The molecule has 2 aromatic heterocycles. The number of rotatable bonds is 4. The lowest BCUT2D eigenvalue weighted by Crippen LogP contribution is -2.46. The van der Waals surface area contributed by atoms with Gasteiger partial charge < -0.3 is 9.88 Å². The van der Waals surface area contributed by atoms with Crippen molar-refractivity contribution in [3.8, 4) is 5.69 Å². The Balaban J connectivity index is 1.59. The summed E-state index contributed by atoms with van der Waals surface area (Å²) in [5, 5.41) is 5.55. The average Bonchev–Trinajstić information content (AvgIpc) is 3.38. The van der Waals surface area contributed by atoms with E-state index in [2.05, 4.69) is 33.1 Å². The summed E-state index contributed by atoms with van der Waals surface area (Å²) in [5.74, 6) is -0.213. The first kappa shape index (κ1) is 18.1. The number of nitrogens with zero attached hydrogens (tertiary/aromatic N) is 4. The van der Waals surface area contributed by atoms with Gasteiger partial charge in [-0.3, -0.25) is 4.90 Å². The fourth-order valence-corrected chi connectivity index (χ4v) is 4.21. The molecule has 148 valence electrons. The van der Waals surface area contributed by atoms with Crippen molar-refractivity contribution >= 4 is 10.9 Å². The summed E-state index contributed by atoms with van der Waals surface area (Å²) >= 11 is 0. The van der Waals surface area contributed by atoms with E-state index in [1.165, 1.54) is 6.07 Å². The maximum Gasteiger partial charge on any atom is 0.123 e. The predicted molar refractivity (Wildman–Crippen MR) is 113 cm³/mol. The Morgan fingerprint density at radius 3 is 2.62 bits per heavy atom. The third-order valence-electron chi connectivity index (χ3n) is 5.81. The number of hydrogen-bond acceptors (Lipinski definition) is 3. The molecule has 3 heterocycles. The quantitative estimate of drug-likeness (QED) is 0.577. The molecule has 5 rings (SSSR count). The molecule has 4 aromatic rings. The molecule has 2 aromatic carbocycles. The Bertz CT molecular complexity index is 1110. The first-order valence-corrected chi connectivity index (χ1v) is 9.98. The Kier molecular flexibility index (Phi) is 4.66. The van der Waals surface area contributed by atoms with Crippen LogP contribution in [0.15, 0.2) is 67.1 Å². The lowest BCUT2D eigenvalue weighted by Gasteiger charge is -2.37. The summed E-state index contributed by atoms with van der Waals surface area (Å²) in [7, 11) is 2.15. The summed E-state index contributed by atoms with van der Waals surface area (Å²) in [6.45, 7) is 3.94. The van der Waals surface area contributed by atoms with Crippen molar-refractivity contribution in [1.29, 1.82) is 0 Å². The normalized spacial score (nSPS) is 17.0. The van der Waals surface area contributed by atoms with Crippen LogP contribution in [0.25, 0.3) is 16.6 Å². The minimum absolute atomic E-state index is 0.0247. The number of para-hydroxylation sites is 1. The molecule has 1 fully saturated rings. The summed E-state index contributed by atoms with van der Waals surface area (Å²) in [6, 6.07) is 15.1. The van der Waals surface area contributed by atoms with E-state index in [4.69, 9.17) is 0 Å². The van der Waals surface area contributed by atoms with E-state index < -0.39 is 0 Å². The molecule has 0 aliphatic carbocycles. The zero-order valence-electron chi connectivity index (χ0n) is 16.4. The Labute approximate surface area is 169 Å². The van der Waals surface area contributed by atoms with Gasteiger partial charge in [0, 0.05) is 55.0 Å². The van der Waals surface area contributed by atoms with Crippen LogP contribution in [0.2, 0.25) is 0 Å². The summed E-state index contributed by atoms with van der Waals surface area (Å²) in [4.78, 5) is 8.14. The summed E-state index contributed by atoms with van der Waals surface area (Å²) in [6.07, 6.45) is 6.05. The number of aromatic nitrogens is 3. The first-order chi connectivity index (χ1) is 14.2. The van der Waals surface area contributed by atoms with Gasteiger partial charge in [0.25, 0.3) is 0 Å². The number of piperazine rings is 1. The van der Waals surface area contributed by atoms with E-state index in [9.17, 15) is 4.39 Å². The van der Waals surface area contributed by atoms with Gasteiger partial charge in [0.1, 0.15) is 5.82 Å². The summed E-state index contributed by atoms with van der Waals surface area (Å²) in [5.41, 5.74) is 4.19. The standard InChI is InChI=1S/C23H24FN5/c1-27-9-11-28(12-10-27)23(21-15-25-22-8-7-18(24)13-20(21)22)17-14-26-29(16-17)19-5-3-2-4-6-19/h2-8,13-16,23,25H,9-12H2,1H3. The molecule has 6 heteroatoms. The van der Waals surface area contributed by atoms with Gasteiger partial charge in [0.05, 0.1) is 17.9 Å². The molecule has 1 saturated heterocycles. The van der Waals surface area contributed by atoms with Crippen LogP contribution < -0.4 is 0 Å². The molecule has 0 spiro atoms. The number of likely N-dealkylation sites (N-methyl/N-ethyl adjacent to an activating group) is 1. The second-order valence-corrected chi connectivity index (χ2v) is 7.73. The zero-order chi connectivity index (χ0) is 19.8. The van der Waals surface area contributed by atoms with Gasteiger partial charge in [0.2, 0.25) is 0 Å². The average molecular weight is 389 g/mol. The van der Waals surface area contributed by atoms with Crippen molar-refractivity contribution in [1.82, 2.24) is 24.6 Å². The highest BCUT2D eigenvalue weighted by Gasteiger charge is 2.28. The van der Waals surface area contributed by atoms with Gasteiger partial charge in [-0.1, -0.05) is 18.2 Å². The monoisotopic (exact) mass is 389 g/mol. The molecule has 0 saturated carbocycles. The topological polar surface area (TPSA) is 40.1 Å². The van der Waals surface area contributed by atoms with E-state index in [1.54, 1.807) is 6.07 Å². The number of hydrogen-bond donors (Lipinski definition) is 1. The molecule has 1 N–H and O–H groups in total. The second-order valence-electron chi connectivity index (χ2n) is 7.73. The minimum Gasteiger partial charge on any atom is -0.361 e. The van der Waals surface area contributed by atoms with E-state index in [0.717, 1.165) is 53.9 Å². The van der Waals surface area contributed by atoms with Crippen molar-refractivity contribution in [3.05, 3.63) is 84.1 Å². The molecule has 5 nitrogen and oxygen atoms in total. The number of nitrogens with one attached hydrogen (secondary N) is 1. The SMILES string of the molecule is CN1CCN(C(c2cnn(-c3ccccc3)c2)c2c[nH]c3ccc(F)cc23)CC1. The lowest BCUT2D eigenvalue weighted by atomic mass is 9.98. The third-order valence-corrected chi connectivity index (χ3v) is 5.81. The molecular formula is C23H24FN5. The molecule has 0 amide bonds. The van der Waals surface area contributed by atoms with Crippen LogP contribution in [0.4, 0.5) is 4.39 Å². The number of halogens is 1. The van der Waals surface area contributed by atoms with Crippen LogP contribution in [0.5, 0.6) is 0 Å². The number of H-pyrrole nitrogens is 1. The van der Waals surface area contributed by atoms with Crippen LogP contribution in [0.1, 0.15) is 17.2 Å². The molecular weight excluding hydrogens is 365 g/mol. The number of aromatic amines is 1.